The van der Waals surface area contributed by atoms with Gasteiger partial charge in [-0.05, 0) is 37.5 Å². The molecule has 31 heavy (non-hydrogen) atoms. The molecule has 0 saturated carbocycles. The van der Waals surface area contributed by atoms with E-state index in [1.54, 1.807) is 7.05 Å². The van der Waals surface area contributed by atoms with Crippen molar-refractivity contribution in [3.63, 3.8) is 0 Å². The first-order valence-electron chi connectivity index (χ1n) is 10.5. The number of hydrogen-bond donors (Lipinski definition) is 0. The van der Waals surface area contributed by atoms with Gasteiger partial charge in [0.15, 0.2) is 11.2 Å². The summed E-state index contributed by atoms with van der Waals surface area (Å²) in [4.78, 5) is 33.2. The molecule has 0 bridgehead atoms. The van der Waals surface area contributed by atoms with Gasteiger partial charge in [-0.3, -0.25) is 13.9 Å². The normalized spacial score (nSPS) is 13.2. The van der Waals surface area contributed by atoms with Crippen LogP contribution in [-0.2, 0) is 26.6 Å². The highest BCUT2D eigenvalue weighted by Crippen LogP contribution is 2.33. The fraction of sp³-hybridized carbons (Fsp3) is 0.292. The molecule has 0 atom stereocenters. The van der Waals surface area contributed by atoms with Crippen LogP contribution in [0, 0.1) is 13.8 Å². The molecule has 158 valence electrons. The second-order valence-corrected chi connectivity index (χ2v) is 8.21. The van der Waals surface area contributed by atoms with Crippen LogP contribution >= 0.6 is 0 Å². The van der Waals surface area contributed by atoms with E-state index in [1.165, 1.54) is 14.7 Å². The Labute approximate surface area is 179 Å². The van der Waals surface area contributed by atoms with Gasteiger partial charge in [0.05, 0.1) is 0 Å². The van der Waals surface area contributed by atoms with E-state index in [9.17, 15) is 9.59 Å². The van der Waals surface area contributed by atoms with Gasteiger partial charge in [-0.25, -0.2) is 4.79 Å². The fourth-order valence-corrected chi connectivity index (χ4v) is 4.50. The molecule has 0 amide bonds. The Morgan fingerprint density at radius 2 is 1.77 bits per heavy atom. The van der Waals surface area contributed by atoms with E-state index < -0.39 is 0 Å². The summed E-state index contributed by atoms with van der Waals surface area (Å²) in [6.45, 7) is 5.90. The van der Waals surface area contributed by atoms with Crippen LogP contribution in [0.1, 0.15) is 16.7 Å². The first-order valence-corrected chi connectivity index (χ1v) is 10.5. The van der Waals surface area contributed by atoms with Gasteiger partial charge in [-0.1, -0.05) is 48.0 Å². The molecule has 2 aromatic heterocycles. The van der Waals surface area contributed by atoms with Crippen LogP contribution in [0.25, 0.3) is 11.2 Å². The third kappa shape index (κ3) is 3.08. The minimum absolute atomic E-state index is 0.268. The molecule has 1 aliphatic rings. The first kappa shape index (κ1) is 19.4. The molecule has 0 spiro atoms. The Hall–Kier alpha value is -3.61. The molecule has 4 aromatic rings. The van der Waals surface area contributed by atoms with E-state index >= 15 is 0 Å². The molecule has 0 unspecified atom stereocenters. The van der Waals surface area contributed by atoms with Crippen LogP contribution in [0.5, 0.6) is 0 Å². The minimum atomic E-state index is -0.330. The van der Waals surface area contributed by atoms with Crippen molar-refractivity contribution >= 4 is 22.8 Å². The van der Waals surface area contributed by atoms with Gasteiger partial charge in [0, 0.05) is 32.4 Å². The molecule has 0 aliphatic carbocycles. The standard InChI is InChI=1S/C24H25N5O2/c1-16-9-10-19(17(2)15-16)27-13-14-28-20-21(25-23(27)28)26(3)24(31)29(22(20)30)12-11-18-7-5-4-6-8-18/h4-10,15H,11-14H2,1-3H3. The number of fused-ring (bicyclic) bond motifs is 3. The molecule has 0 fully saturated rings. The second-order valence-electron chi connectivity index (χ2n) is 8.21. The van der Waals surface area contributed by atoms with E-state index in [0.29, 0.717) is 30.7 Å². The summed E-state index contributed by atoms with van der Waals surface area (Å²) in [6.07, 6.45) is 0.622. The van der Waals surface area contributed by atoms with Gasteiger partial charge >= 0.3 is 5.69 Å². The maximum atomic E-state index is 13.4. The van der Waals surface area contributed by atoms with Gasteiger partial charge in [-0.15, -0.1) is 0 Å². The summed E-state index contributed by atoms with van der Waals surface area (Å²) < 4.78 is 4.78. The highest BCUT2D eigenvalue weighted by atomic mass is 16.2. The number of anilines is 2. The Morgan fingerprint density at radius 3 is 2.52 bits per heavy atom. The van der Waals surface area contributed by atoms with E-state index in [0.717, 1.165) is 29.3 Å². The summed E-state index contributed by atoms with van der Waals surface area (Å²) in [5.41, 5.74) is 4.88. The summed E-state index contributed by atoms with van der Waals surface area (Å²) in [5, 5.41) is 0. The third-order valence-corrected chi connectivity index (χ3v) is 6.11. The minimum Gasteiger partial charge on any atom is -0.310 e. The van der Waals surface area contributed by atoms with E-state index in [-0.39, 0.29) is 11.2 Å². The lowest BCUT2D eigenvalue weighted by Crippen LogP contribution is -2.40. The second kappa shape index (κ2) is 7.27. The zero-order chi connectivity index (χ0) is 21.7. The van der Waals surface area contributed by atoms with Crippen molar-refractivity contribution in [1.82, 2.24) is 18.7 Å². The number of benzene rings is 2. The first-order chi connectivity index (χ1) is 15.0. The summed E-state index contributed by atoms with van der Waals surface area (Å²) >= 11 is 0. The van der Waals surface area contributed by atoms with Crippen molar-refractivity contribution in [1.29, 1.82) is 0 Å². The fourth-order valence-electron chi connectivity index (χ4n) is 4.50. The summed E-state index contributed by atoms with van der Waals surface area (Å²) in [6, 6.07) is 16.2. The quantitative estimate of drug-likeness (QED) is 0.514. The van der Waals surface area contributed by atoms with Crippen molar-refractivity contribution in [2.24, 2.45) is 7.05 Å². The van der Waals surface area contributed by atoms with Crippen LogP contribution < -0.4 is 16.1 Å². The highest BCUT2D eigenvalue weighted by Gasteiger charge is 2.29. The molecule has 3 heterocycles. The average Bonchev–Trinajstić information content (AvgIpc) is 3.33. The van der Waals surface area contributed by atoms with Crippen molar-refractivity contribution in [3.8, 4) is 0 Å². The van der Waals surface area contributed by atoms with Gasteiger partial charge < -0.3 is 9.47 Å². The monoisotopic (exact) mass is 415 g/mol. The smallest absolute Gasteiger partial charge is 0.310 e. The molecule has 2 aromatic carbocycles. The number of imidazole rings is 1. The predicted molar refractivity (Wildman–Crippen MR) is 122 cm³/mol. The lowest BCUT2D eigenvalue weighted by Gasteiger charge is -2.19. The zero-order valence-electron chi connectivity index (χ0n) is 18.0. The molecule has 5 rings (SSSR count). The lowest BCUT2D eigenvalue weighted by molar-refractivity contribution is 0.600. The number of nitrogens with zero attached hydrogens (tertiary/aromatic N) is 5. The van der Waals surface area contributed by atoms with E-state index in [2.05, 4.69) is 36.9 Å². The SMILES string of the molecule is Cc1ccc(N2CCn3c2nc2c3c(=O)n(CCc3ccccc3)c(=O)n2C)c(C)c1. The molecular formula is C24H25N5O2. The van der Waals surface area contributed by atoms with E-state index in [1.807, 2.05) is 34.9 Å². The lowest BCUT2D eigenvalue weighted by atomic mass is 10.1. The maximum Gasteiger partial charge on any atom is 0.332 e. The zero-order valence-corrected chi connectivity index (χ0v) is 18.0. The van der Waals surface area contributed by atoms with E-state index in [4.69, 9.17) is 4.98 Å². The van der Waals surface area contributed by atoms with Gasteiger partial charge in [-0.2, -0.15) is 4.98 Å². The van der Waals surface area contributed by atoms with Crippen LogP contribution in [0.15, 0.2) is 58.1 Å². The largest absolute Gasteiger partial charge is 0.332 e. The topological polar surface area (TPSA) is 65.1 Å². The molecule has 7 nitrogen and oxygen atoms in total. The number of aromatic nitrogens is 4. The van der Waals surface area contributed by atoms with Crippen LogP contribution in [-0.4, -0.2) is 25.2 Å². The van der Waals surface area contributed by atoms with Crippen molar-refractivity contribution in [2.75, 3.05) is 11.4 Å². The van der Waals surface area contributed by atoms with Crippen molar-refractivity contribution < 1.29 is 0 Å². The van der Waals surface area contributed by atoms with Crippen molar-refractivity contribution in [3.05, 3.63) is 86.1 Å². The van der Waals surface area contributed by atoms with Gasteiger partial charge in [0.2, 0.25) is 5.95 Å². The van der Waals surface area contributed by atoms with Crippen LogP contribution in [0.4, 0.5) is 11.6 Å². The Balaban J connectivity index is 1.61. The molecule has 1 aliphatic heterocycles. The maximum absolute atomic E-state index is 13.4. The van der Waals surface area contributed by atoms with Gasteiger partial charge in [0.25, 0.3) is 5.56 Å². The molecule has 0 radical (unpaired) electrons. The average molecular weight is 415 g/mol. The Morgan fingerprint density at radius 1 is 1.00 bits per heavy atom. The van der Waals surface area contributed by atoms with Crippen molar-refractivity contribution in [2.45, 2.75) is 33.4 Å². The highest BCUT2D eigenvalue weighted by molar-refractivity contribution is 5.78. The molecular weight excluding hydrogens is 390 g/mol. The summed E-state index contributed by atoms with van der Waals surface area (Å²) in [7, 11) is 1.69. The van der Waals surface area contributed by atoms with Gasteiger partial charge in [0.1, 0.15) is 0 Å². The Kier molecular flexibility index (Phi) is 4.54. The van der Waals surface area contributed by atoms with Crippen LogP contribution in [0.3, 0.4) is 0 Å². The predicted octanol–water partition coefficient (Wildman–Crippen LogP) is 2.91. The molecule has 0 N–H and O–H groups in total. The number of rotatable bonds is 4. The molecule has 7 heteroatoms. The number of aryl methyl sites for hydroxylation is 4. The number of hydrogen-bond acceptors (Lipinski definition) is 4. The van der Waals surface area contributed by atoms with Crippen LogP contribution in [0.2, 0.25) is 0 Å². The Bertz CT molecular complexity index is 1410. The summed E-state index contributed by atoms with van der Waals surface area (Å²) in [5.74, 6) is 0.717. The molecule has 0 saturated heterocycles. The third-order valence-electron chi connectivity index (χ3n) is 6.11.